The van der Waals surface area contributed by atoms with Crippen molar-refractivity contribution in [3.63, 3.8) is 0 Å². The number of anilines is 1. The van der Waals surface area contributed by atoms with E-state index in [1.807, 2.05) is 49.5 Å². The number of rotatable bonds is 3. The van der Waals surface area contributed by atoms with E-state index in [1.165, 1.54) is 5.56 Å². The first kappa shape index (κ1) is 13.7. The average molecular weight is 280 g/mol. The van der Waals surface area contributed by atoms with E-state index in [9.17, 15) is 4.79 Å². The first-order valence-corrected chi connectivity index (χ1v) is 7.41. The molecule has 1 aliphatic heterocycles. The molecule has 3 heteroatoms. The van der Waals surface area contributed by atoms with Crippen LogP contribution in [-0.2, 0) is 13.0 Å². The highest BCUT2D eigenvalue weighted by atomic mass is 16.2. The van der Waals surface area contributed by atoms with Crippen LogP contribution in [0.2, 0.25) is 0 Å². The average Bonchev–Trinajstić information content (AvgIpc) is 2.54. The second kappa shape index (κ2) is 6.00. The predicted octanol–water partition coefficient (Wildman–Crippen LogP) is 3.32. The number of nitrogens with zero attached hydrogens (tertiary/aromatic N) is 1. The van der Waals surface area contributed by atoms with Gasteiger partial charge in [0.2, 0.25) is 0 Å². The van der Waals surface area contributed by atoms with Gasteiger partial charge >= 0.3 is 0 Å². The Morgan fingerprint density at radius 3 is 2.76 bits per heavy atom. The van der Waals surface area contributed by atoms with Gasteiger partial charge in [-0.05, 0) is 30.0 Å². The minimum absolute atomic E-state index is 0.0742. The number of carbonyl (C=O) groups is 1. The van der Waals surface area contributed by atoms with Crippen LogP contribution in [0.5, 0.6) is 0 Å². The number of benzene rings is 2. The molecule has 0 aromatic heterocycles. The second-order valence-electron chi connectivity index (χ2n) is 5.52. The Hall–Kier alpha value is -2.29. The topological polar surface area (TPSA) is 32.3 Å². The van der Waals surface area contributed by atoms with Gasteiger partial charge in [-0.2, -0.15) is 0 Å². The van der Waals surface area contributed by atoms with Crippen molar-refractivity contribution in [2.75, 3.05) is 18.9 Å². The molecular formula is C18H20N2O. The molecule has 0 saturated carbocycles. The Morgan fingerprint density at radius 2 is 1.95 bits per heavy atom. The van der Waals surface area contributed by atoms with Crippen molar-refractivity contribution in [1.82, 2.24) is 4.90 Å². The van der Waals surface area contributed by atoms with Crippen molar-refractivity contribution in [2.24, 2.45) is 0 Å². The molecule has 3 rings (SSSR count). The van der Waals surface area contributed by atoms with Crippen molar-refractivity contribution in [2.45, 2.75) is 19.4 Å². The number of nitrogens with one attached hydrogen (secondary N) is 1. The maximum absolute atomic E-state index is 12.7. The van der Waals surface area contributed by atoms with Crippen LogP contribution in [0.15, 0.2) is 48.5 Å². The third-order valence-corrected chi connectivity index (χ3v) is 3.92. The summed E-state index contributed by atoms with van der Waals surface area (Å²) in [5.74, 6) is 0.0742. The van der Waals surface area contributed by atoms with Gasteiger partial charge in [0.25, 0.3) is 5.91 Å². The van der Waals surface area contributed by atoms with Gasteiger partial charge < -0.3 is 10.2 Å². The highest BCUT2D eigenvalue weighted by Gasteiger charge is 2.19. The normalized spacial score (nSPS) is 13.2. The van der Waals surface area contributed by atoms with E-state index in [1.54, 1.807) is 4.90 Å². The standard InChI is InChI=1S/C18H20N2O/c1-20(13-14-7-3-2-4-8-14)18(21)16-11-5-9-15-10-6-12-19-17(15)16/h2-5,7-9,11,19H,6,10,12-13H2,1H3. The van der Waals surface area contributed by atoms with Crippen LogP contribution in [0.3, 0.4) is 0 Å². The number of hydrogen-bond acceptors (Lipinski definition) is 2. The Labute approximate surface area is 125 Å². The molecule has 1 aliphatic rings. The molecule has 3 nitrogen and oxygen atoms in total. The summed E-state index contributed by atoms with van der Waals surface area (Å²) < 4.78 is 0. The zero-order valence-corrected chi connectivity index (χ0v) is 12.3. The summed E-state index contributed by atoms with van der Waals surface area (Å²) in [6.45, 7) is 1.57. The van der Waals surface area contributed by atoms with Gasteiger partial charge in [-0.3, -0.25) is 4.79 Å². The SMILES string of the molecule is CN(Cc1ccccc1)C(=O)c1cccc2c1NCCC2. The summed E-state index contributed by atoms with van der Waals surface area (Å²) in [4.78, 5) is 14.5. The largest absolute Gasteiger partial charge is 0.384 e. The summed E-state index contributed by atoms with van der Waals surface area (Å²) in [6.07, 6.45) is 2.18. The lowest BCUT2D eigenvalue weighted by atomic mass is 9.99. The van der Waals surface area contributed by atoms with Gasteiger partial charge in [-0.1, -0.05) is 42.5 Å². The quantitative estimate of drug-likeness (QED) is 0.935. The Morgan fingerprint density at radius 1 is 1.14 bits per heavy atom. The van der Waals surface area contributed by atoms with Crippen LogP contribution >= 0.6 is 0 Å². The van der Waals surface area contributed by atoms with E-state index >= 15 is 0 Å². The molecule has 0 unspecified atom stereocenters. The van der Waals surface area contributed by atoms with Crippen LogP contribution in [0.25, 0.3) is 0 Å². The summed E-state index contributed by atoms with van der Waals surface area (Å²) >= 11 is 0. The molecule has 21 heavy (non-hydrogen) atoms. The number of aryl methyl sites for hydroxylation is 1. The van der Waals surface area contributed by atoms with Crippen molar-refractivity contribution in [3.8, 4) is 0 Å². The molecular weight excluding hydrogens is 260 g/mol. The fraction of sp³-hybridized carbons (Fsp3) is 0.278. The molecule has 0 radical (unpaired) electrons. The summed E-state index contributed by atoms with van der Waals surface area (Å²) in [7, 11) is 1.86. The van der Waals surface area contributed by atoms with Crippen molar-refractivity contribution >= 4 is 11.6 Å². The maximum Gasteiger partial charge on any atom is 0.256 e. The van der Waals surface area contributed by atoms with E-state index in [4.69, 9.17) is 0 Å². The highest BCUT2D eigenvalue weighted by Crippen LogP contribution is 2.27. The van der Waals surface area contributed by atoms with E-state index in [2.05, 4.69) is 11.4 Å². The van der Waals surface area contributed by atoms with Gasteiger partial charge in [0.15, 0.2) is 0 Å². The molecule has 0 fully saturated rings. The molecule has 2 aromatic carbocycles. The smallest absolute Gasteiger partial charge is 0.256 e. The van der Waals surface area contributed by atoms with Crippen molar-refractivity contribution in [3.05, 3.63) is 65.2 Å². The van der Waals surface area contributed by atoms with Crippen LogP contribution < -0.4 is 5.32 Å². The monoisotopic (exact) mass is 280 g/mol. The molecule has 108 valence electrons. The van der Waals surface area contributed by atoms with Crippen LogP contribution in [0.4, 0.5) is 5.69 Å². The van der Waals surface area contributed by atoms with Gasteiger partial charge in [-0.15, -0.1) is 0 Å². The van der Waals surface area contributed by atoms with Crippen LogP contribution in [0, 0.1) is 0 Å². The number of amides is 1. The summed E-state index contributed by atoms with van der Waals surface area (Å²) in [5, 5.41) is 3.38. The molecule has 0 saturated heterocycles. The first-order valence-electron chi connectivity index (χ1n) is 7.41. The third-order valence-electron chi connectivity index (χ3n) is 3.92. The van der Waals surface area contributed by atoms with Crippen molar-refractivity contribution < 1.29 is 4.79 Å². The lowest BCUT2D eigenvalue weighted by Crippen LogP contribution is -2.28. The molecule has 1 N–H and O–H groups in total. The van der Waals surface area contributed by atoms with Gasteiger partial charge in [0.1, 0.15) is 0 Å². The predicted molar refractivity (Wildman–Crippen MR) is 85.5 cm³/mol. The minimum Gasteiger partial charge on any atom is -0.384 e. The number of para-hydroxylation sites is 1. The zero-order valence-electron chi connectivity index (χ0n) is 12.3. The van der Waals surface area contributed by atoms with Gasteiger partial charge in [-0.25, -0.2) is 0 Å². The zero-order chi connectivity index (χ0) is 14.7. The maximum atomic E-state index is 12.7. The molecule has 0 atom stereocenters. The van der Waals surface area contributed by atoms with E-state index in [0.29, 0.717) is 6.54 Å². The van der Waals surface area contributed by atoms with E-state index in [-0.39, 0.29) is 5.91 Å². The Balaban J connectivity index is 1.82. The molecule has 1 amide bonds. The molecule has 0 aliphatic carbocycles. The van der Waals surface area contributed by atoms with Gasteiger partial charge in [0.05, 0.1) is 11.3 Å². The molecule has 1 heterocycles. The fourth-order valence-corrected chi connectivity index (χ4v) is 2.82. The van der Waals surface area contributed by atoms with E-state index in [0.717, 1.165) is 36.2 Å². The summed E-state index contributed by atoms with van der Waals surface area (Å²) in [5.41, 5.74) is 4.20. The lowest BCUT2D eigenvalue weighted by molar-refractivity contribution is 0.0786. The van der Waals surface area contributed by atoms with E-state index < -0.39 is 0 Å². The second-order valence-corrected chi connectivity index (χ2v) is 5.52. The Kier molecular flexibility index (Phi) is 3.91. The number of fused-ring (bicyclic) bond motifs is 1. The van der Waals surface area contributed by atoms with Gasteiger partial charge in [0, 0.05) is 20.1 Å². The lowest BCUT2D eigenvalue weighted by Gasteiger charge is -2.24. The fourth-order valence-electron chi connectivity index (χ4n) is 2.82. The number of hydrogen-bond donors (Lipinski definition) is 1. The highest BCUT2D eigenvalue weighted by molar-refractivity contribution is 6.00. The Bertz CT molecular complexity index is 637. The molecule has 0 bridgehead atoms. The number of carbonyl (C=O) groups excluding carboxylic acids is 1. The molecule has 2 aromatic rings. The van der Waals surface area contributed by atoms with Crippen molar-refractivity contribution in [1.29, 1.82) is 0 Å². The first-order chi connectivity index (χ1) is 10.3. The summed E-state index contributed by atoms with van der Waals surface area (Å²) in [6, 6.07) is 16.1. The van der Waals surface area contributed by atoms with Crippen LogP contribution in [0.1, 0.15) is 27.9 Å². The minimum atomic E-state index is 0.0742. The van der Waals surface area contributed by atoms with Crippen LogP contribution in [-0.4, -0.2) is 24.4 Å². The molecule has 0 spiro atoms. The third kappa shape index (κ3) is 2.92.